The number of carbonyl (C=O) groups excluding carboxylic acids is 3. The van der Waals surface area contributed by atoms with Gasteiger partial charge in [0.15, 0.2) is 0 Å². The number of carbonyl (C=O) groups is 3. The number of anilines is 1. The van der Waals surface area contributed by atoms with Crippen LogP contribution in [0.5, 0.6) is 0 Å². The molecule has 3 heterocycles. The van der Waals surface area contributed by atoms with Gasteiger partial charge in [-0.05, 0) is 30.3 Å². The van der Waals surface area contributed by atoms with Gasteiger partial charge in [0.05, 0.1) is 11.1 Å². The largest absolute Gasteiger partial charge is 0.368 e. The number of imide groups is 1. The number of fused-ring (bicyclic) bond motifs is 1. The molecule has 0 bridgehead atoms. The van der Waals surface area contributed by atoms with Crippen LogP contribution in [0.15, 0.2) is 42.7 Å². The van der Waals surface area contributed by atoms with Crippen LogP contribution in [0.3, 0.4) is 0 Å². The first kappa shape index (κ1) is 16.3. The zero-order chi connectivity index (χ0) is 18.3. The number of hydrogen-bond donors (Lipinski definition) is 0. The van der Waals surface area contributed by atoms with Gasteiger partial charge in [-0.2, -0.15) is 0 Å². The van der Waals surface area contributed by atoms with E-state index in [0.29, 0.717) is 29.8 Å². The number of amides is 3. The van der Waals surface area contributed by atoms with E-state index in [0.717, 1.165) is 23.7 Å². The second-order valence-corrected chi connectivity index (χ2v) is 6.41. The van der Waals surface area contributed by atoms with E-state index in [-0.39, 0.29) is 17.7 Å². The Labute approximate surface area is 150 Å². The van der Waals surface area contributed by atoms with E-state index in [1.807, 2.05) is 12.1 Å². The quantitative estimate of drug-likeness (QED) is 0.763. The fourth-order valence-corrected chi connectivity index (χ4v) is 3.40. The van der Waals surface area contributed by atoms with Crippen molar-refractivity contribution >= 4 is 23.4 Å². The van der Waals surface area contributed by atoms with Crippen molar-refractivity contribution < 1.29 is 14.4 Å². The molecule has 7 nitrogen and oxygen atoms in total. The molecule has 0 spiro atoms. The second kappa shape index (κ2) is 6.25. The minimum Gasteiger partial charge on any atom is -0.368 e. The predicted molar refractivity (Wildman–Crippen MR) is 95.2 cm³/mol. The molecule has 2 aromatic rings. The highest BCUT2D eigenvalue weighted by Crippen LogP contribution is 2.24. The summed E-state index contributed by atoms with van der Waals surface area (Å²) in [4.78, 5) is 46.0. The van der Waals surface area contributed by atoms with Crippen molar-refractivity contribution in [3.63, 3.8) is 0 Å². The zero-order valence-electron chi connectivity index (χ0n) is 14.4. The Hall–Kier alpha value is -3.22. The number of rotatable bonds is 2. The standard InChI is InChI=1S/C19H18N4O3/c1-21-18(25)15-3-2-13(12-16(15)19(21)26)17(24)23-10-8-22(9-11-23)14-4-6-20-7-5-14/h2-7,12H,8-11H2,1H3. The van der Waals surface area contributed by atoms with Crippen LogP contribution in [0.4, 0.5) is 5.69 Å². The Morgan fingerprint density at radius 1 is 0.923 bits per heavy atom. The van der Waals surface area contributed by atoms with Crippen molar-refractivity contribution in [2.45, 2.75) is 0 Å². The minimum atomic E-state index is -0.359. The lowest BCUT2D eigenvalue weighted by Gasteiger charge is -2.36. The third-order valence-corrected chi connectivity index (χ3v) is 4.93. The lowest BCUT2D eigenvalue weighted by atomic mass is 10.0. The molecule has 4 rings (SSSR count). The highest BCUT2D eigenvalue weighted by atomic mass is 16.2. The number of hydrogen-bond acceptors (Lipinski definition) is 5. The Morgan fingerprint density at radius 2 is 1.58 bits per heavy atom. The molecule has 2 aliphatic heterocycles. The summed E-state index contributed by atoms with van der Waals surface area (Å²) in [6.07, 6.45) is 3.51. The summed E-state index contributed by atoms with van der Waals surface area (Å²) in [5.41, 5.74) is 2.20. The van der Waals surface area contributed by atoms with E-state index in [1.54, 1.807) is 29.4 Å². The molecule has 0 atom stereocenters. The van der Waals surface area contributed by atoms with Crippen LogP contribution in [-0.4, -0.2) is 65.7 Å². The first-order chi connectivity index (χ1) is 12.6. The van der Waals surface area contributed by atoms with Crippen molar-refractivity contribution in [3.05, 3.63) is 59.4 Å². The van der Waals surface area contributed by atoms with Crippen molar-refractivity contribution in [3.8, 4) is 0 Å². The highest BCUT2D eigenvalue weighted by molar-refractivity contribution is 6.21. The molecule has 0 radical (unpaired) electrons. The number of nitrogens with zero attached hydrogens (tertiary/aromatic N) is 4. The summed E-state index contributed by atoms with van der Waals surface area (Å²) in [6, 6.07) is 8.64. The molecule has 7 heteroatoms. The molecule has 0 aliphatic carbocycles. The van der Waals surface area contributed by atoms with Crippen LogP contribution < -0.4 is 4.90 Å². The molecule has 0 N–H and O–H groups in total. The number of aromatic nitrogens is 1. The smallest absolute Gasteiger partial charge is 0.261 e. The summed E-state index contributed by atoms with van der Waals surface area (Å²) < 4.78 is 0. The summed E-state index contributed by atoms with van der Waals surface area (Å²) in [5.74, 6) is -0.797. The van der Waals surface area contributed by atoms with Gasteiger partial charge in [0.25, 0.3) is 17.7 Å². The third-order valence-electron chi connectivity index (χ3n) is 4.93. The summed E-state index contributed by atoms with van der Waals surface area (Å²) in [7, 11) is 1.45. The summed E-state index contributed by atoms with van der Waals surface area (Å²) in [6.45, 7) is 2.68. The zero-order valence-corrected chi connectivity index (χ0v) is 14.4. The average Bonchev–Trinajstić information content (AvgIpc) is 2.92. The van der Waals surface area contributed by atoms with E-state index in [9.17, 15) is 14.4 Å². The Morgan fingerprint density at radius 3 is 2.27 bits per heavy atom. The molecule has 0 saturated carbocycles. The predicted octanol–water partition coefficient (Wildman–Crippen LogP) is 1.27. The van der Waals surface area contributed by atoms with Gasteiger partial charge in [-0.3, -0.25) is 24.3 Å². The van der Waals surface area contributed by atoms with Gasteiger partial charge in [-0.15, -0.1) is 0 Å². The second-order valence-electron chi connectivity index (χ2n) is 6.41. The first-order valence-electron chi connectivity index (χ1n) is 8.47. The van der Waals surface area contributed by atoms with Crippen LogP contribution in [0.2, 0.25) is 0 Å². The van der Waals surface area contributed by atoms with Gasteiger partial charge in [0.2, 0.25) is 0 Å². The van der Waals surface area contributed by atoms with E-state index in [1.165, 1.54) is 13.1 Å². The topological polar surface area (TPSA) is 73.8 Å². The normalized spacial score (nSPS) is 16.9. The molecule has 0 unspecified atom stereocenters. The van der Waals surface area contributed by atoms with Gasteiger partial charge in [0, 0.05) is 56.9 Å². The lowest BCUT2D eigenvalue weighted by molar-refractivity contribution is 0.0692. The molecule has 1 aromatic heterocycles. The van der Waals surface area contributed by atoms with E-state index in [4.69, 9.17) is 0 Å². The van der Waals surface area contributed by atoms with E-state index < -0.39 is 0 Å². The van der Waals surface area contributed by atoms with Crippen LogP contribution in [-0.2, 0) is 0 Å². The summed E-state index contributed by atoms with van der Waals surface area (Å²) >= 11 is 0. The molecule has 1 fully saturated rings. The molecule has 1 saturated heterocycles. The average molecular weight is 350 g/mol. The number of pyridine rings is 1. The van der Waals surface area contributed by atoms with Crippen LogP contribution >= 0.6 is 0 Å². The Balaban J connectivity index is 1.48. The van der Waals surface area contributed by atoms with Crippen LogP contribution in [0, 0.1) is 0 Å². The Bertz CT molecular complexity index is 889. The fourth-order valence-electron chi connectivity index (χ4n) is 3.40. The highest BCUT2D eigenvalue weighted by Gasteiger charge is 2.33. The number of benzene rings is 1. The van der Waals surface area contributed by atoms with Crippen molar-refractivity contribution in [2.75, 3.05) is 38.1 Å². The maximum absolute atomic E-state index is 12.8. The molecule has 1 aromatic carbocycles. The van der Waals surface area contributed by atoms with Gasteiger partial charge in [0.1, 0.15) is 0 Å². The first-order valence-corrected chi connectivity index (χ1v) is 8.47. The van der Waals surface area contributed by atoms with Gasteiger partial charge in [-0.1, -0.05) is 0 Å². The lowest BCUT2D eigenvalue weighted by Crippen LogP contribution is -2.48. The third kappa shape index (κ3) is 2.61. The summed E-state index contributed by atoms with van der Waals surface area (Å²) in [5, 5.41) is 0. The molecular weight excluding hydrogens is 332 g/mol. The maximum atomic E-state index is 12.8. The molecule has 2 aliphatic rings. The van der Waals surface area contributed by atoms with Gasteiger partial charge in [-0.25, -0.2) is 0 Å². The van der Waals surface area contributed by atoms with E-state index in [2.05, 4.69) is 9.88 Å². The van der Waals surface area contributed by atoms with Gasteiger partial charge >= 0.3 is 0 Å². The van der Waals surface area contributed by atoms with Crippen molar-refractivity contribution in [1.82, 2.24) is 14.8 Å². The maximum Gasteiger partial charge on any atom is 0.261 e. The van der Waals surface area contributed by atoms with E-state index >= 15 is 0 Å². The van der Waals surface area contributed by atoms with Crippen molar-refractivity contribution in [2.24, 2.45) is 0 Å². The SMILES string of the molecule is CN1C(=O)c2ccc(C(=O)N3CCN(c4ccncc4)CC3)cc2C1=O. The monoisotopic (exact) mass is 350 g/mol. The molecule has 132 valence electrons. The van der Waals surface area contributed by atoms with Crippen LogP contribution in [0.25, 0.3) is 0 Å². The molecule has 26 heavy (non-hydrogen) atoms. The minimum absolute atomic E-state index is 0.114. The van der Waals surface area contributed by atoms with Crippen molar-refractivity contribution in [1.29, 1.82) is 0 Å². The Kier molecular flexibility index (Phi) is 3.91. The van der Waals surface area contributed by atoms with Crippen LogP contribution in [0.1, 0.15) is 31.1 Å². The number of piperazine rings is 1. The molecular formula is C19H18N4O3. The van der Waals surface area contributed by atoms with Gasteiger partial charge < -0.3 is 9.80 Å². The molecule has 3 amide bonds. The fraction of sp³-hybridized carbons (Fsp3) is 0.263.